The largest absolute Gasteiger partial charge is 0.384 e. The number of carbonyl (C=O) groups is 2. The third-order valence-corrected chi connectivity index (χ3v) is 3.96. The van der Waals surface area contributed by atoms with Crippen molar-refractivity contribution in [2.24, 2.45) is 0 Å². The van der Waals surface area contributed by atoms with E-state index in [9.17, 15) is 14.4 Å². The summed E-state index contributed by atoms with van der Waals surface area (Å²) >= 11 is 0. The molecule has 112 valence electrons. The lowest BCUT2D eigenvalue weighted by molar-refractivity contribution is 0.0880. The molecule has 0 fully saturated rings. The number of fused-ring (bicyclic) bond motifs is 2. The van der Waals surface area contributed by atoms with Crippen LogP contribution >= 0.6 is 0 Å². The second-order valence-corrected chi connectivity index (χ2v) is 5.27. The van der Waals surface area contributed by atoms with E-state index in [-0.39, 0.29) is 16.9 Å². The van der Waals surface area contributed by atoms with Gasteiger partial charge in [0.2, 0.25) is 0 Å². The van der Waals surface area contributed by atoms with E-state index in [0.717, 1.165) is 16.8 Å². The lowest BCUT2D eigenvalue weighted by atomic mass is 10.1. The van der Waals surface area contributed by atoms with Crippen LogP contribution in [0.25, 0.3) is 16.5 Å². The standard InChI is InChI=1S/C17H11N3O3/c18-15-14-11(16(22)19-17(14)23)8-13(21)20(15)12-7-3-5-9-4-1-2-6-10(9)12/h1-8H,18H2,(H,19,22,23). The van der Waals surface area contributed by atoms with Gasteiger partial charge in [0.1, 0.15) is 5.82 Å². The fraction of sp³-hybridized carbons (Fsp3) is 0. The molecule has 2 amide bonds. The minimum atomic E-state index is -0.598. The predicted octanol–water partition coefficient (Wildman–Crippen LogP) is 1.46. The lowest BCUT2D eigenvalue weighted by Crippen LogP contribution is -2.24. The van der Waals surface area contributed by atoms with Crippen molar-refractivity contribution in [3.63, 3.8) is 0 Å². The van der Waals surface area contributed by atoms with Crippen LogP contribution in [0.5, 0.6) is 0 Å². The van der Waals surface area contributed by atoms with E-state index in [1.807, 2.05) is 36.4 Å². The van der Waals surface area contributed by atoms with Crippen LogP contribution in [0.15, 0.2) is 53.3 Å². The second-order valence-electron chi connectivity index (χ2n) is 5.27. The molecule has 3 aromatic rings. The van der Waals surface area contributed by atoms with Gasteiger partial charge in [-0.3, -0.25) is 24.3 Å². The zero-order chi connectivity index (χ0) is 16.1. The molecule has 0 atom stereocenters. The van der Waals surface area contributed by atoms with Crippen LogP contribution in [0.2, 0.25) is 0 Å². The van der Waals surface area contributed by atoms with Gasteiger partial charge in [-0.15, -0.1) is 0 Å². The molecule has 1 aliphatic rings. The number of pyridine rings is 1. The van der Waals surface area contributed by atoms with Crippen molar-refractivity contribution in [3.05, 3.63) is 70.0 Å². The Balaban J connectivity index is 2.11. The second kappa shape index (κ2) is 4.54. The summed E-state index contributed by atoms with van der Waals surface area (Å²) in [5, 5.41) is 3.93. The maximum absolute atomic E-state index is 12.5. The Kier molecular flexibility index (Phi) is 2.62. The number of benzene rings is 2. The Morgan fingerprint density at radius 2 is 1.65 bits per heavy atom. The van der Waals surface area contributed by atoms with E-state index in [0.29, 0.717) is 5.69 Å². The Bertz CT molecular complexity index is 1060. The van der Waals surface area contributed by atoms with Crippen LogP contribution in [-0.2, 0) is 0 Å². The van der Waals surface area contributed by atoms with Crippen molar-refractivity contribution in [1.82, 2.24) is 9.88 Å². The van der Waals surface area contributed by atoms with Gasteiger partial charge in [0.25, 0.3) is 17.4 Å². The van der Waals surface area contributed by atoms with Crippen molar-refractivity contribution >= 4 is 28.4 Å². The van der Waals surface area contributed by atoms with Crippen LogP contribution in [0.3, 0.4) is 0 Å². The summed E-state index contributed by atoms with van der Waals surface area (Å²) in [6.07, 6.45) is 0. The van der Waals surface area contributed by atoms with Gasteiger partial charge >= 0.3 is 0 Å². The highest BCUT2D eigenvalue weighted by Gasteiger charge is 2.31. The number of nitrogens with one attached hydrogen (secondary N) is 1. The minimum absolute atomic E-state index is 0.0222. The number of hydrogen-bond acceptors (Lipinski definition) is 4. The molecule has 23 heavy (non-hydrogen) atoms. The zero-order valence-electron chi connectivity index (χ0n) is 11.9. The summed E-state index contributed by atoms with van der Waals surface area (Å²) in [7, 11) is 0. The monoisotopic (exact) mass is 305 g/mol. The van der Waals surface area contributed by atoms with E-state index in [1.54, 1.807) is 6.07 Å². The molecule has 0 saturated heterocycles. The number of rotatable bonds is 1. The lowest BCUT2D eigenvalue weighted by Gasteiger charge is -2.14. The average Bonchev–Trinajstić information content (AvgIpc) is 2.82. The molecule has 4 rings (SSSR count). The van der Waals surface area contributed by atoms with Crippen molar-refractivity contribution < 1.29 is 9.59 Å². The highest BCUT2D eigenvalue weighted by Crippen LogP contribution is 2.27. The number of anilines is 1. The fourth-order valence-corrected chi connectivity index (χ4v) is 2.93. The molecule has 0 bridgehead atoms. The van der Waals surface area contributed by atoms with E-state index in [1.165, 1.54) is 4.57 Å². The molecule has 0 unspecified atom stereocenters. The smallest absolute Gasteiger partial charge is 0.262 e. The molecule has 6 nitrogen and oxygen atoms in total. The Morgan fingerprint density at radius 3 is 2.48 bits per heavy atom. The van der Waals surface area contributed by atoms with Gasteiger partial charge in [0, 0.05) is 11.5 Å². The maximum Gasteiger partial charge on any atom is 0.262 e. The Morgan fingerprint density at radius 1 is 0.913 bits per heavy atom. The molecule has 6 heteroatoms. The van der Waals surface area contributed by atoms with E-state index >= 15 is 0 Å². The summed E-state index contributed by atoms with van der Waals surface area (Å²) in [4.78, 5) is 36.1. The highest BCUT2D eigenvalue weighted by atomic mass is 16.2. The molecule has 0 radical (unpaired) electrons. The number of nitrogens with two attached hydrogens (primary N) is 1. The van der Waals surface area contributed by atoms with Crippen LogP contribution in [-0.4, -0.2) is 16.4 Å². The first-order chi connectivity index (χ1) is 11.1. The molecular weight excluding hydrogens is 294 g/mol. The first-order valence-corrected chi connectivity index (χ1v) is 6.97. The number of imide groups is 1. The van der Waals surface area contributed by atoms with Crippen molar-refractivity contribution in [2.75, 3.05) is 5.73 Å². The third-order valence-electron chi connectivity index (χ3n) is 3.96. The SMILES string of the molecule is Nc1c2c(cc(=O)n1-c1cccc3ccccc13)C(=O)NC2=O. The van der Waals surface area contributed by atoms with Crippen molar-refractivity contribution in [2.45, 2.75) is 0 Å². The van der Waals surface area contributed by atoms with Gasteiger partial charge in [-0.05, 0) is 11.5 Å². The maximum atomic E-state index is 12.5. The third kappa shape index (κ3) is 1.78. The Hall–Kier alpha value is -3.41. The zero-order valence-corrected chi connectivity index (χ0v) is 11.9. The molecule has 1 aromatic heterocycles. The fourth-order valence-electron chi connectivity index (χ4n) is 2.93. The van der Waals surface area contributed by atoms with Gasteiger partial charge < -0.3 is 5.73 Å². The number of hydrogen-bond donors (Lipinski definition) is 2. The molecule has 3 N–H and O–H groups in total. The summed E-state index contributed by atoms with van der Waals surface area (Å²) in [5.74, 6) is -1.22. The number of nitrogen functional groups attached to an aromatic ring is 1. The topological polar surface area (TPSA) is 94.2 Å². The molecule has 2 heterocycles. The predicted molar refractivity (Wildman–Crippen MR) is 85.8 cm³/mol. The van der Waals surface area contributed by atoms with E-state index in [2.05, 4.69) is 5.32 Å². The van der Waals surface area contributed by atoms with Gasteiger partial charge in [-0.25, -0.2) is 0 Å². The number of amides is 2. The molecule has 2 aromatic carbocycles. The molecular formula is C17H11N3O3. The first kappa shape index (κ1) is 13.3. The summed E-state index contributed by atoms with van der Waals surface area (Å²) in [6.45, 7) is 0. The number of carbonyl (C=O) groups excluding carboxylic acids is 2. The van der Waals surface area contributed by atoms with Gasteiger partial charge in [-0.1, -0.05) is 36.4 Å². The molecule has 1 aliphatic heterocycles. The van der Waals surface area contributed by atoms with Crippen LogP contribution in [0, 0.1) is 0 Å². The summed E-state index contributed by atoms with van der Waals surface area (Å²) in [6, 6.07) is 14.2. The van der Waals surface area contributed by atoms with E-state index < -0.39 is 17.4 Å². The molecule has 0 aliphatic carbocycles. The van der Waals surface area contributed by atoms with Crippen LogP contribution in [0.4, 0.5) is 5.82 Å². The van der Waals surface area contributed by atoms with Gasteiger partial charge in [0.05, 0.1) is 16.8 Å². The molecule has 0 spiro atoms. The van der Waals surface area contributed by atoms with Gasteiger partial charge in [0.15, 0.2) is 0 Å². The van der Waals surface area contributed by atoms with Crippen molar-refractivity contribution in [3.8, 4) is 5.69 Å². The first-order valence-electron chi connectivity index (χ1n) is 6.97. The molecule has 0 saturated carbocycles. The van der Waals surface area contributed by atoms with Crippen LogP contribution < -0.4 is 16.6 Å². The average molecular weight is 305 g/mol. The van der Waals surface area contributed by atoms with E-state index in [4.69, 9.17) is 5.73 Å². The number of aromatic nitrogens is 1. The quantitative estimate of drug-likeness (QED) is 0.665. The number of nitrogens with zero attached hydrogens (tertiary/aromatic N) is 1. The summed E-state index contributed by atoms with van der Waals surface area (Å²) in [5.41, 5.74) is 6.24. The summed E-state index contributed by atoms with van der Waals surface area (Å²) < 4.78 is 1.26. The minimum Gasteiger partial charge on any atom is -0.384 e. The van der Waals surface area contributed by atoms with Gasteiger partial charge in [-0.2, -0.15) is 0 Å². The normalized spacial score (nSPS) is 13.2. The Labute approximate surface area is 130 Å². The van der Waals surface area contributed by atoms with Crippen molar-refractivity contribution in [1.29, 1.82) is 0 Å². The highest BCUT2D eigenvalue weighted by molar-refractivity contribution is 6.23. The van der Waals surface area contributed by atoms with Crippen LogP contribution in [0.1, 0.15) is 20.7 Å².